The average Bonchev–Trinajstić information content (AvgIpc) is 3.36. The van der Waals surface area contributed by atoms with E-state index < -0.39 is 44.3 Å². The molecule has 1 N–H and O–H groups in total. The first-order chi connectivity index (χ1) is 18.3. The van der Waals surface area contributed by atoms with Crippen molar-refractivity contribution in [1.29, 1.82) is 0 Å². The molecule has 7 nitrogen and oxygen atoms in total. The molecule has 39 heavy (non-hydrogen) atoms. The van der Waals surface area contributed by atoms with Gasteiger partial charge in [0, 0.05) is 42.8 Å². The van der Waals surface area contributed by atoms with Gasteiger partial charge in [0.15, 0.2) is 15.7 Å². The van der Waals surface area contributed by atoms with E-state index in [4.69, 9.17) is 14.6 Å². The number of carboxylic acid groups (broad SMARTS) is 1. The molecule has 0 aliphatic carbocycles. The zero-order chi connectivity index (χ0) is 28.8. The largest absolute Gasteiger partial charge is 0.490 e. The molecule has 0 bridgehead atoms. The van der Waals surface area contributed by atoms with Gasteiger partial charge in [-0.15, -0.1) is 11.3 Å². The lowest BCUT2D eigenvalue weighted by molar-refractivity contribution is -0.192. The van der Waals surface area contributed by atoms with E-state index in [1.165, 1.54) is 18.7 Å². The Morgan fingerprint density at radius 3 is 2.33 bits per heavy atom. The summed E-state index contributed by atoms with van der Waals surface area (Å²) in [4.78, 5) is 14.2. The van der Waals surface area contributed by atoms with E-state index in [0.717, 1.165) is 49.9 Å². The van der Waals surface area contributed by atoms with Crippen molar-refractivity contribution in [3.05, 3.63) is 75.7 Å². The van der Waals surface area contributed by atoms with Crippen molar-refractivity contribution in [3.63, 3.8) is 0 Å². The number of aromatic nitrogens is 1. The summed E-state index contributed by atoms with van der Waals surface area (Å²) in [5.41, 5.74) is 1.23. The number of likely N-dealkylation sites (tertiary alicyclic amines) is 1. The van der Waals surface area contributed by atoms with Gasteiger partial charge in [0.25, 0.3) is 0 Å². The van der Waals surface area contributed by atoms with Crippen molar-refractivity contribution in [2.75, 3.05) is 13.1 Å². The number of thiazole rings is 1. The minimum atomic E-state index is -5.08. The molecule has 1 saturated heterocycles. The number of benzene rings is 2. The predicted molar refractivity (Wildman–Crippen MR) is 133 cm³/mol. The Bertz CT molecular complexity index is 1360. The number of aliphatic carboxylic acids is 1. The molecule has 212 valence electrons. The van der Waals surface area contributed by atoms with Crippen LogP contribution < -0.4 is 4.74 Å². The maximum Gasteiger partial charge on any atom is 0.490 e. The quantitative estimate of drug-likeness (QED) is 0.368. The number of ether oxygens (including phenoxy) is 1. The molecule has 0 unspecified atom stereocenters. The van der Waals surface area contributed by atoms with Gasteiger partial charge in [-0.1, -0.05) is 30.3 Å². The van der Waals surface area contributed by atoms with Crippen molar-refractivity contribution in [2.45, 2.75) is 49.2 Å². The van der Waals surface area contributed by atoms with Crippen LogP contribution in [-0.4, -0.2) is 54.7 Å². The van der Waals surface area contributed by atoms with Gasteiger partial charge in [-0.2, -0.15) is 13.2 Å². The Balaban J connectivity index is 0.000000532. The lowest BCUT2D eigenvalue weighted by atomic mass is 10.1. The number of alkyl halides is 3. The fourth-order valence-electron chi connectivity index (χ4n) is 3.85. The van der Waals surface area contributed by atoms with Gasteiger partial charge >= 0.3 is 12.1 Å². The minimum absolute atomic E-state index is 0.00386. The molecule has 2 aromatic carbocycles. The van der Waals surface area contributed by atoms with E-state index in [2.05, 4.69) is 22.0 Å². The summed E-state index contributed by atoms with van der Waals surface area (Å²) >= 11 is 1.12. The topological polar surface area (TPSA) is 96.8 Å². The second kappa shape index (κ2) is 12.8. The van der Waals surface area contributed by atoms with Crippen molar-refractivity contribution in [1.82, 2.24) is 9.88 Å². The first-order valence-electron chi connectivity index (χ1n) is 11.6. The molecular formula is C25H25F5N2O5S2. The molecule has 1 fully saturated rings. The second-order valence-electron chi connectivity index (χ2n) is 8.69. The van der Waals surface area contributed by atoms with Gasteiger partial charge in [-0.25, -0.2) is 27.0 Å². The Morgan fingerprint density at radius 1 is 1.18 bits per heavy atom. The normalized spacial score (nSPS) is 14.9. The van der Waals surface area contributed by atoms with Crippen molar-refractivity contribution in [2.24, 2.45) is 0 Å². The zero-order valence-electron chi connectivity index (χ0n) is 20.6. The molecule has 0 spiro atoms. The zero-order valence-corrected chi connectivity index (χ0v) is 22.3. The highest BCUT2D eigenvalue weighted by Crippen LogP contribution is 2.33. The average molecular weight is 593 g/mol. The van der Waals surface area contributed by atoms with E-state index in [9.17, 15) is 30.4 Å². The number of carbonyl (C=O) groups is 1. The third kappa shape index (κ3) is 8.44. The second-order valence-corrected chi connectivity index (χ2v) is 11.6. The summed E-state index contributed by atoms with van der Waals surface area (Å²) < 4.78 is 92.6. The number of rotatable bonds is 7. The molecule has 4 rings (SSSR count). The minimum Gasteiger partial charge on any atom is -0.490 e. The molecule has 0 saturated carbocycles. The van der Waals surface area contributed by atoms with Crippen LogP contribution in [0.1, 0.15) is 29.0 Å². The number of carboxylic acids is 1. The summed E-state index contributed by atoms with van der Waals surface area (Å²) in [6.07, 6.45) is -2.37. The first-order valence-corrected chi connectivity index (χ1v) is 14.1. The highest BCUT2D eigenvalue weighted by Gasteiger charge is 2.38. The maximum atomic E-state index is 15.0. The van der Waals surface area contributed by atoms with E-state index in [1.54, 1.807) is 5.38 Å². The Hall–Kier alpha value is -3.10. The van der Waals surface area contributed by atoms with Gasteiger partial charge in [-0.05, 0) is 25.3 Å². The van der Waals surface area contributed by atoms with Gasteiger partial charge in [0.1, 0.15) is 33.3 Å². The van der Waals surface area contributed by atoms with Crippen LogP contribution in [-0.2, 0) is 26.9 Å². The van der Waals surface area contributed by atoms with Gasteiger partial charge < -0.3 is 9.84 Å². The summed E-state index contributed by atoms with van der Waals surface area (Å²) in [5, 5.41) is 9.02. The molecular weight excluding hydrogens is 567 g/mol. The number of hydrogen-bond donors (Lipinski definition) is 1. The van der Waals surface area contributed by atoms with Gasteiger partial charge in [-0.3, -0.25) is 4.90 Å². The fraction of sp³-hybridized carbons (Fsp3) is 0.360. The van der Waals surface area contributed by atoms with Crippen LogP contribution in [0, 0.1) is 18.6 Å². The molecule has 1 aliphatic rings. The molecule has 0 radical (unpaired) electrons. The SMILES string of the molecule is Cc1c(OC2CCN(Cc3ccccc3)CC2)cc(F)c(S(=O)(=O)Cc2nccs2)c1F.O=C(O)C(F)(F)F. The van der Waals surface area contributed by atoms with Crippen LogP contribution in [0.4, 0.5) is 22.0 Å². The summed E-state index contributed by atoms with van der Waals surface area (Å²) in [6, 6.07) is 11.2. The van der Waals surface area contributed by atoms with E-state index in [0.29, 0.717) is 0 Å². The highest BCUT2D eigenvalue weighted by molar-refractivity contribution is 7.90. The van der Waals surface area contributed by atoms with Crippen molar-refractivity contribution >= 4 is 27.1 Å². The van der Waals surface area contributed by atoms with Gasteiger partial charge in [0.2, 0.25) is 0 Å². The lowest BCUT2D eigenvalue weighted by Crippen LogP contribution is -2.37. The van der Waals surface area contributed by atoms with Crippen LogP contribution >= 0.6 is 11.3 Å². The van der Waals surface area contributed by atoms with Crippen LogP contribution in [0.15, 0.2) is 52.9 Å². The van der Waals surface area contributed by atoms with Crippen molar-refractivity contribution < 1.29 is 45.0 Å². The van der Waals surface area contributed by atoms with Crippen LogP contribution in [0.5, 0.6) is 5.75 Å². The summed E-state index contributed by atoms with van der Waals surface area (Å²) in [7, 11) is -4.22. The molecule has 0 atom stereocenters. The number of halogens is 5. The Kier molecular flexibility index (Phi) is 10.0. The third-order valence-electron chi connectivity index (χ3n) is 5.80. The number of hydrogen-bond acceptors (Lipinski definition) is 7. The molecule has 0 amide bonds. The summed E-state index contributed by atoms with van der Waals surface area (Å²) in [6.45, 7) is 3.88. The lowest BCUT2D eigenvalue weighted by Gasteiger charge is -2.32. The smallest absolute Gasteiger partial charge is 0.490 e. The number of sulfone groups is 1. The van der Waals surface area contributed by atoms with Crippen LogP contribution in [0.3, 0.4) is 0 Å². The van der Waals surface area contributed by atoms with Crippen LogP contribution in [0.25, 0.3) is 0 Å². The first kappa shape index (κ1) is 30.4. The molecule has 14 heteroatoms. The standard InChI is InChI=1S/C23H24F2N2O3S2.C2HF3O2/c1-16-20(30-18-7-10-27(11-8-18)14-17-5-3-2-4-6-17)13-19(24)23(22(16)25)32(28,29)15-21-26-9-12-31-21;3-2(4,5)1(6)7/h2-6,9,12-13,18H,7-8,10-11,14-15H2,1H3;(H,6,7). The Morgan fingerprint density at radius 2 is 1.79 bits per heavy atom. The predicted octanol–water partition coefficient (Wildman–Crippen LogP) is 5.38. The van der Waals surface area contributed by atoms with Crippen molar-refractivity contribution in [3.8, 4) is 5.75 Å². The summed E-state index contributed by atoms with van der Waals surface area (Å²) in [5.74, 6) is -5.49. The monoisotopic (exact) mass is 592 g/mol. The van der Waals surface area contributed by atoms with Crippen LogP contribution in [0.2, 0.25) is 0 Å². The van der Waals surface area contributed by atoms with E-state index >= 15 is 0 Å². The molecule has 2 heterocycles. The number of nitrogens with zero attached hydrogens (tertiary/aromatic N) is 2. The molecule has 1 aromatic heterocycles. The van der Waals surface area contributed by atoms with E-state index in [1.807, 2.05) is 18.2 Å². The highest BCUT2D eigenvalue weighted by atomic mass is 32.2. The Labute approximate surface area is 225 Å². The van der Waals surface area contributed by atoms with Gasteiger partial charge in [0.05, 0.1) is 0 Å². The molecule has 3 aromatic rings. The molecule has 1 aliphatic heterocycles. The third-order valence-corrected chi connectivity index (χ3v) is 8.41. The maximum absolute atomic E-state index is 15.0. The fourth-order valence-corrected chi connectivity index (χ4v) is 6.31. The number of piperidine rings is 1. The van der Waals surface area contributed by atoms with E-state index in [-0.39, 0.29) is 22.4 Å².